The summed E-state index contributed by atoms with van der Waals surface area (Å²) in [6.45, 7) is 2.50. The van der Waals surface area contributed by atoms with Gasteiger partial charge in [-0.1, -0.05) is 0 Å². The number of aliphatic hydroxyl groups is 1. The molecular weight excluding hydrogens is 66.0 g/mol. The predicted molar refractivity (Wildman–Crippen MR) is 18.6 cm³/mol. The molecule has 2 heteroatoms. The van der Waals surface area contributed by atoms with E-state index in [0.717, 1.165) is 6.54 Å². The molecular formula is C3H7NO. The fourth-order valence-corrected chi connectivity index (χ4v) is 0.128. The van der Waals surface area contributed by atoms with Crippen molar-refractivity contribution in [1.29, 1.82) is 0 Å². The molecule has 5 heavy (non-hydrogen) atoms. The third-order valence-corrected chi connectivity index (χ3v) is 0.688. The van der Waals surface area contributed by atoms with E-state index in [1.54, 1.807) is 6.92 Å². The minimum Gasteiger partial charge on any atom is -0.375 e. The Kier molecular flexibility index (Phi) is 0.333. The van der Waals surface area contributed by atoms with Crippen LogP contribution in [0.25, 0.3) is 0 Å². The Bertz CT molecular complexity index is 44.9. The zero-order valence-electron chi connectivity index (χ0n) is 3.15. The lowest BCUT2D eigenvalue weighted by atomic mass is 10.5. The first-order valence-corrected chi connectivity index (χ1v) is 1.68. The lowest BCUT2D eigenvalue weighted by Crippen LogP contribution is -2.04. The summed E-state index contributed by atoms with van der Waals surface area (Å²) in [5.41, 5.74) is -0.500. The average molecular weight is 73.1 g/mol. The van der Waals surface area contributed by atoms with Gasteiger partial charge in [0.25, 0.3) is 0 Å². The number of β-amino-alcohol motifs (C(OH)–C–C–N with tert-alkyl or cyclic N) is 1. The summed E-state index contributed by atoms with van der Waals surface area (Å²) >= 11 is 0. The van der Waals surface area contributed by atoms with Crippen molar-refractivity contribution < 1.29 is 5.11 Å². The van der Waals surface area contributed by atoms with Gasteiger partial charge in [-0.25, -0.2) is 0 Å². The van der Waals surface area contributed by atoms with Gasteiger partial charge >= 0.3 is 0 Å². The lowest BCUT2D eigenvalue weighted by Gasteiger charge is -1.84. The molecule has 30 valence electrons. The van der Waals surface area contributed by atoms with Crippen molar-refractivity contribution >= 4 is 0 Å². The highest BCUT2D eigenvalue weighted by molar-refractivity contribution is 4.86. The van der Waals surface area contributed by atoms with E-state index in [1.165, 1.54) is 0 Å². The van der Waals surface area contributed by atoms with Gasteiger partial charge in [0.1, 0.15) is 5.72 Å². The molecule has 0 saturated carbocycles. The first-order chi connectivity index (χ1) is 2.21. The number of hydrogen-bond acceptors (Lipinski definition) is 2. The summed E-state index contributed by atoms with van der Waals surface area (Å²) in [6, 6.07) is 0. The molecule has 0 aromatic carbocycles. The first-order valence-electron chi connectivity index (χ1n) is 1.68. The second kappa shape index (κ2) is 0.533. The van der Waals surface area contributed by atoms with Crippen molar-refractivity contribution in [2.75, 3.05) is 6.54 Å². The smallest absolute Gasteiger partial charge is 0.125 e. The highest BCUT2D eigenvalue weighted by Crippen LogP contribution is 2.07. The normalized spacial score (nSPS) is 49.2. The van der Waals surface area contributed by atoms with E-state index in [9.17, 15) is 0 Å². The highest BCUT2D eigenvalue weighted by Gasteiger charge is 2.32. The second-order valence-corrected chi connectivity index (χ2v) is 1.63. The summed E-state index contributed by atoms with van der Waals surface area (Å²) in [5, 5.41) is 11.2. The Morgan fingerprint density at radius 3 is 2.20 bits per heavy atom. The maximum absolute atomic E-state index is 8.52. The fraction of sp³-hybridized carbons (Fsp3) is 1.00. The van der Waals surface area contributed by atoms with Gasteiger partial charge in [-0.15, -0.1) is 0 Å². The van der Waals surface area contributed by atoms with Crippen LogP contribution in [0.2, 0.25) is 0 Å². The first kappa shape index (κ1) is 3.12. The van der Waals surface area contributed by atoms with E-state index < -0.39 is 5.72 Å². The molecule has 0 bridgehead atoms. The van der Waals surface area contributed by atoms with E-state index in [4.69, 9.17) is 5.11 Å². The molecule has 1 rings (SSSR count). The number of rotatable bonds is 0. The quantitative estimate of drug-likeness (QED) is 0.372. The van der Waals surface area contributed by atoms with Gasteiger partial charge in [-0.2, -0.15) is 0 Å². The molecule has 2 nitrogen and oxygen atoms in total. The van der Waals surface area contributed by atoms with E-state index >= 15 is 0 Å². The van der Waals surface area contributed by atoms with Crippen LogP contribution in [0.5, 0.6) is 0 Å². The maximum atomic E-state index is 8.52. The standard InChI is InChI=1S/C3H7NO/c1-3(5)2-4-3/h4-5H,2H2,1H3. The summed E-state index contributed by atoms with van der Waals surface area (Å²) < 4.78 is 0. The third kappa shape index (κ3) is 0.597. The summed E-state index contributed by atoms with van der Waals surface area (Å²) in [4.78, 5) is 0. The van der Waals surface area contributed by atoms with Gasteiger partial charge in [0.2, 0.25) is 0 Å². The molecule has 1 fully saturated rings. The molecule has 1 aliphatic heterocycles. The number of nitrogens with one attached hydrogen (secondary N) is 1. The molecule has 1 saturated heterocycles. The largest absolute Gasteiger partial charge is 0.375 e. The van der Waals surface area contributed by atoms with Crippen LogP contribution < -0.4 is 5.32 Å². The highest BCUT2D eigenvalue weighted by atomic mass is 16.3. The minimum absolute atomic E-state index is 0.500. The van der Waals surface area contributed by atoms with Gasteiger partial charge in [-0.3, -0.25) is 5.32 Å². The molecule has 1 unspecified atom stereocenters. The van der Waals surface area contributed by atoms with Crippen LogP contribution in [0.4, 0.5) is 0 Å². The van der Waals surface area contributed by atoms with E-state index in [0.29, 0.717) is 0 Å². The second-order valence-electron chi connectivity index (χ2n) is 1.63. The van der Waals surface area contributed by atoms with Crippen molar-refractivity contribution in [2.45, 2.75) is 12.6 Å². The van der Waals surface area contributed by atoms with E-state index in [-0.39, 0.29) is 0 Å². The van der Waals surface area contributed by atoms with Crippen LogP contribution >= 0.6 is 0 Å². The predicted octanol–water partition coefficient (Wildman–Crippen LogP) is -0.702. The van der Waals surface area contributed by atoms with E-state index in [1.807, 2.05) is 0 Å². The van der Waals surface area contributed by atoms with Crippen LogP contribution in [-0.2, 0) is 0 Å². The van der Waals surface area contributed by atoms with E-state index in [2.05, 4.69) is 5.32 Å². The van der Waals surface area contributed by atoms with Crippen LogP contribution in [0, 0.1) is 0 Å². The Hall–Kier alpha value is -0.0800. The monoisotopic (exact) mass is 73.1 g/mol. The number of hydrogen-bond donors (Lipinski definition) is 2. The summed E-state index contributed by atoms with van der Waals surface area (Å²) in [7, 11) is 0. The van der Waals surface area contributed by atoms with Crippen LogP contribution in [0.15, 0.2) is 0 Å². The molecule has 0 aromatic rings. The molecule has 1 aliphatic rings. The Labute approximate surface area is 30.8 Å². The fourth-order valence-electron chi connectivity index (χ4n) is 0.128. The van der Waals surface area contributed by atoms with Crippen molar-refractivity contribution in [2.24, 2.45) is 0 Å². The Balaban J connectivity index is 2.38. The molecule has 0 spiro atoms. The average Bonchev–Trinajstić information content (AvgIpc) is 1.76. The molecule has 1 atom stereocenters. The Morgan fingerprint density at radius 2 is 2.20 bits per heavy atom. The van der Waals surface area contributed by atoms with Gasteiger partial charge < -0.3 is 5.11 Å². The third-order valence-electron chi connectivity index (χ3n) is 0.688. The molecule has 1 heterocycles. The van der Waals surface area contributed by atoms with Crippen molar-refractivity contribution in [3.8, 4) is 0 Å². The maximum Gasteiger partial charge on any atom is 0.125 e. The zero-order valence-corrected chi connectivity index (χ0v) is 3.15. The van der Waals surface area contributed by atoms with Gasteiger partial charge in [0, 0.05) is 6.54 Å². The topological polar surface area (TPSA) is 42.2 Å². The SMILES string of the molecule is CC1(O)CN1. The summed E-state index contributed by atoms with van der Waals surface area (Å²) in [6.07, 6.45) is 0. The zero-order chi connectivity index (χ0) is 3.91. The van der Waals surface area contributed by atoms with Crippen molar-refractivity contribution in [3.05, 3.63) is 0 Å². The van der Waals surface area contributed by atoms with Crippen LogP contribution in [0.1, 0.15) is 6.92 Å². The summed E-state index contributed by atoms with van der Waals surface area (Å²) in [5.74, 6) is 0. The lowest BCUT2D eigenvalue weighted by molar-refractivity contribution is 0.166. The van der Waals surface area contributed by atoms with Crippen molar-refractivity contribution in [1.82, 2.24) is 5.32 Å². The van der Waals surface area contributed by atoms with Crippen molar-refractivity contribution in [3.63, 3.8) is 0 Å². The van der Waals surface area contributed by atoms with Gasteiger partial charge in [0.15, 0.2) is 0 Å². The molecule has 0 aromatic heterocycles. The molecule has 0 radical (unpaired) electrons. The molecule has 0 aliphatic carbocycles. The molecule has 0 amide bonds. The van der Waals surface area contributed by atoms with Gasteiger partial charge in [-0.05, 0) is 6.92 Å². The van der Waals surface area contributed by atoms with Crippen LogP contribution in [0.3, 0.4) is 0 Å². The minimum atomic E-state index is -0.500. The van der Waals surface area contributed by atoms with Crippen LogP contribution in [-0.4, -0.2) is 17.4 Å². The Morgan fingerprint density at radius 1 is 2.00 bits per heavy atom. The molecule has 2 N–H and O–H groups in total. The van der Waals surface area contributed by atoms with Gasteiger partial charge in [0.05, 0.1) is 0 Å².